The molecular weight excluding hydrogens is 190 g/mol. The van der Waals surface area contributed by atoms with Crippen molar-refractivity contribution in [3.05, 3.63) is 46.3 Å². The van der Waals surface area contributed by atoms with Crippen LogP contribution in [0.5, 0.6) is 0 Å². The van der Waals surface area contributed by atoms with Gasteiger partial charge in [-0.1, -0.05) is 35.4 Å². The van der Waals surface area contributed by atoms with Crippen LogP contribution >= 0.6 is 0 Å². The van der Waals surface area contributed by atoms with Crippen LogP contribution in [0.4, 0.5) is 0 Å². The van der Waals surface area contributed by atoms with Crippen LogP contribution in [0, 0.1) is 0 Å². The Balaban J connectivity index is 1.95. The minimum atomic E-state index is 0.0890. The lowest BCUT2D eigenvalue weighted by molar-refractivity contribution is 0.116. The Bertz CT molecular complexity index is 359. The van der Waals surface area contributed by atoms with E-state index in [1.54, 1.807) is 0 Å². The number of hydrogen-bond donors (Lipinski definition) is 0. The topological polar surface area (TPSA) is 58.0 Å². The van der Waals surface area contributed by atoms with Crippen LogP contribution in [0.2, 0.25) is 0 Å². The number of nitrogens with zero attached hydrogens (tertiary/aromatic N) is 3. The maximum atomic E-state index is 8.21. The van der Waals surface area contributed by atoms with Gasteiger partial charge < -0.3 is 4.74 Å². The molecule has 0 saturated carbocycles. The lowest BCUT2D eigenvalue weighted by Gasteiger charge is -2.07. The average molecular weight is 203 g/mol. The number of azide groups is 1. The summed E-state index contributed by atoms with van der Waals surface area (Å²) < 4.78 is 5.56. The van der Waals surface area contributed by atoms with E-state index in [-0.39, 0.29) is 6.10 Å². The van der Waals surface area contributed by atoms with Gasteiger partial charge >= 0.3 is 0 Å². The molecule has 0 bridgehead atoms. The molecule has 1 saturated heterocycles. The Morgan fingerprint density at radius 1 is 1.40 bits per heavy atom. The van der Waals surface area contributed by atoms with Crippen molar-refractivity contribution in [2.75, 3.05) is 13.2 Å². The molecule has 0 N–H and O–H groups in total. The maximum Gasteiger partial charge on any atom is 0.0638 e. The van der Waals surface area contributed by atoms with Crippen LogP contribution in [-0.2, 0) is 4.74 Å². The molecule has 0 unspecified atom stereocenters. The predicted octanol–water partition coefficient (Wildman–Crippen LogP) is 2.87. The van der Waals surface area contributed by atoms with Gasteiger partial charge in [0.05, 0.1) is 19.3 Å². The molecule has 1 aromatic carbocycles. The molecule has 0 radical (unpaired) electrons. The van der Waals surface area contributed by atoms with Crippen LogP contribution in [0.3, 0.4) is 0 Å². The summed E-state index contributed by atoms with van der Waals surface area (Å²) in [6, 6.07) is 10.3. The van der Waals surface area contributed by atoms with E-state index >= 15 is 0 Å². The molecule has 78 valence electrons. The maximum absolute atomic E-state index is 8.21. The van der Waals surface area contributed by atoms with E-state index < -0.39 is 0 Å². The van der Waals surface area contributed by atoms with Crippen LogP contribution in [0.25, 0.3) is 10.4 Å². The third-order valence-corrected chi connectivity index (χ3v) is 2.70. The molecule has 0 spiro atoms. The monoisotopic (exact) mass is 203 g/mol. The van der Waals surface area contributed by atoms with Gasteiger partial charge in [0, 0.05) is 10.8 Å². The van der Waals surface area contributed by atoms with Gasteiger partial charge in [-0.2, -0.15) is 0 Å². The van der Waals surface area contributed by atoms with Crippen molar-refractivity contribution < 1.29 is 4.74 Å². The molecule has 15 heavy (non-hydrogen) atoms. The minimum Gasteiger partial charge on any atom is -0.377 e. The van der Waals surface area contributed by atoms with E-state index in [1.165, 1.54) is 5.56 Å². The number of ether oxygens (including phenoxy) is 1. The van der Waals surface area contributed by atoms with Gasteiger partial charge in [-0.3, -0.25) is 0 Å². The molecule has 0 aromatic heterocycles. The number of rotatable bonds is 3. The van der Waals surface area contributed by atoms with Gasteiger partial charge in [0.25, 0.3) is 0 Å². The summed E-state index contributed by atoms with van der Waals surface area (Å²) in [5, 5.41) is 3.54. The SMILES string of the molecule is [N-]=[N+]=NC[C@@H]1C[C@H](c2ccccc2)CO1. The summed E-state index contributed by atoms with van der Waals surface area (Å²) >= 11 is 0. The van der Waals surface area contributed by atoms with Gasteiger partial charge in [-0.05, 0) is 17.5 Å². The number of benzene rings is 1. The first-order valence-corrected chi connectivity index (χ1v) is 5.07. The Morgan fingerprint density at radius 3 is 2.93 bits per heavy atom. The van der Waals surface area contributed by atoms with Crippen molar-refractivity contribution in [3.8, 4) is 0 Å². The second-order valence-corrected chi connectivity index (χ2v) is 3.71. The molecule has 2 rings (SSSR count). The fourth-order valence-corrected chi connectivity index (χ4v) is 1.92. The Kier molecular flexibility index (Phi) is 3.22. The lowest BCUT2D eigenvalue weighted by Crippen LogP contribution is -2.08. The van der Waals surface area contributed by atoms with E-state index in [2.05, 4.69) is 22.2 Å². The van der Waals surface area contributed by atoms with E-state index in [9.17, 15) is 0 Å². The predicted molar refractivity (Wildman–Crippen MR) is 57.6 cm³/mol. The minimum absolute atomic E-state index is 0.0890. The summed E-state index contributed by atoms with van der Waals surface area (Å²) in [6.45, 7) is 1.18. The van der Waals surface area contributed by atoms with Crippen molar-refractivity contribution in [2.45, 2.75) is 18.4 Å². The molecule has 1 aliphatic rings. The molecule has 0 amide bonds. The second-order valence-electron chi connectivity index (χ2n) is 3.71. The zero-order chi connectivity index (χ0) is 10.5. The van der Waals surface area contributed by atoms with E-state index in [4.69, 9.17) is 10.3 Å². The summed E-state index contributed by atoms with van der Waals surface area (Å²) in [5.41, 5.74) is 9.52. The molecule has 1 aromatic rings. The highest BCUT2D eigenvalue weighted by Crippen LogP contribution is 2.29. The smallest absolute Gasteiger partial charge is 0.0638 e. The van der Waals surface area contributed by atoms with Crippen LogP contribution in [0.1, 0.15) is 17.9 Å². The third kappa shape index (κ3) is 2.49. The quantitative estimate of drug-likeness (QED) is 0.423. The summed E-state index contributed by atoms with van der Waals surface area (Å²) in [5.74, 6) is 0.449. The fourth-order valence-electron chi connectivity index (χ4n) is 1.92. The van der Waals surface area contributed by atoms with Crippen molar-refractivity contribution in [2.24, 2.45) is 5.11 Å². The molecule has 1 heterocycles. The molecule has 4 heteroatoms. The van der Waals surface area contributed by atoms with Gasteiger partial charge in [-0.25, -0.2) is 0 Å². The number of hydrogen-bond acceptors (Lipinski definition) is 2. The molecule has 1 aliphatic heterocycles. The van der Waals surface area contributed by atoms with E-state index in [0.29, 0.717) is 12.5 Å². The van der Waals surface area contributed by atoms with Gasteiger partial charge in [0.2, 0.25) is 0 Å². The van der Waals surface area contributed by atoms with E-state index in [1.807, 2.05) is 18.2 Å². The second kappa shape index (κ2) is 4.82. The molecule has 2 atom stereocenters. The highest BCUT2D eigenvalue weighted by atomic mass is 16.5. The normalized spacial score (nSPS) is 24.8. The van der Waals surface area contributed by atoms with Crippen molar-refractivity contribution in [1.82, 2.24) is 0 Å². The van der Waals surface area contributed by atoms with Crippen molar-refractivity contribution in [3.63, 3.8) is 0 Å². The van der Waals surface area contributed by atoms with Gasteiger partial charge in [-0.15, -0.1) is 0 Å². The Labute approximate surface area is 88.5 Å². The van der Waals surface area contributed by atoms with Crippen LogP contribution in [-0.4, -0.2) is 19.3 Å². The summed E-state index contributed by atoms with van der Waals surface area (Å²) in [6.07, 6.45) is 1.04. The first-order chi connectivity index (χ1) is 7.40. The fraction of sp³-hybridized carbons (Fsp3) is 0.455. The molecule has 1 fully saturated rings. The lowest BCUT2D eigenvalue weighted by atomic mass is 9.96. The first kappa shape index (κ1) is 10.0. The van der Waals surface area contributed by atoms with Crippen molar-refractivity contribution in [1.29, 1.82) is 0 Å². The van der Waals surface area contributed by atoms with Gasteiger partial charge in [0.1, 0.15) is 0 Å². The first-order valence-electron chi connectivity index (χ1n) is 5.07. The van der Waals surface area contributed by atoms with Gasteiger partial charge in [0.15, 0.2) is 0 Å². The van der Waals surface area contributed by atoms with Crippen LogP contribution < -0.4 is 0 Å². The zero-order valence-corrected chi connectivity index (χ0v) is 8.41. The Morgan fingerprint density at radius 2 is 2.20 bits per heavy atom. The molecule has 4 nitrogen and oxygen atoms in total. The van der Waals surface area contributed by atoms with E-state index in [0.717, 1.165) is 13.0 Å². The third-order valence-electron chi connectivity index (χ3n) is 2.70. The van der Waals surface area contributed by atoms with Crippen LogP contribution in [0.15, 0.2) is 35.4 Å². The summed E-state index contributed by atoms with van der Waals surface area (Å²) in [7, 11) is 0. The highest BCUT2D eigenvalue weighted by Gasteiger charge is 2.25. The largest absolute Gasteiger partial charge is 0.377 e. The average Bonchev–Trinajstić information content (AvgIpc) is 2.76. The van der Waals surface area contributed by atoms with Crippen molar-refractivity contribution >= 4 is 0 Å². The standard InChI is InChI=1S/C11H13N3O/c12-14-13-7-11-6-10(8-15-11)9-4-2-1-3-5-9/h1-5,10-11H,6-8H2/t10-,11-/m0/s1. The Hall–Kier alpha value is -1.51. The molecular formula is C11H13N3O. The summed E-state index contributed by atoms with van der Waals surface area (Å²) in [4.78, 5) is 2.74. The zero-order valence-electron chi connectivity index (χ0n) is 8.41. The highest BCUT2D eigenvalue weighted by molar-refractivity contribution is 5.20. The molecule has 0 aliphatic carbocycles.